The highest BCUT2D eigenvalue weighted by Gasteiger charge is 2.13. The summed E-state index contributed by atoms with van der Waals surface area (Å²) in [7, 11) is 1.85. The fourth-order valence-electron chi connectivity index (χ4n) is 2.58. The predicted octanol–water partition coefficient (Wildman–Crippen LogP) is 4.29. The number of hydrogen-bond acceptors (Lipinski definition) is 3. The monoisotopic (exact) mass is 333 g/mol. The predicted molar refractivity (Wildman–Crippen MR) is 101 cm³/mol. The van der Waals surface area contributed by atoms with Crippen LogP contribution in [0.3, 0.4) is 0 Å². The molecule has 1 N–H and O–H groups in total. The van der Waals surface area contributed by atoms with Gasteiger partial charge in [-0.3, -0.25) is 4.79 Å². The number of hydrogen-bond donors (Lipinski definition) is 1. The maximum Gasteiger partial charge on any atom is 0.267 e. The lowest BCUT2D eigenvalue weighted by Crippen LogP contribution is -2.19. The Hall–Kier alpha value is -3.06. The number of nitrogens with zero attached hydrogens (tertiary/aromatic N) is 2. The maximum absolute atomic E-state index is 12.5. The van der Waals surface area contributed by atoms with Crippen molar-refractivity contribution in [2.24, 2.45) is 0 Å². The molecule has 0 heterocycles. The van der Waals surface area contributed by atoms with Crippen LogP contribution >= 0.6 is 0 Å². The number of nitriles is 1. The van der Waals surface area contributed by atoms with E-state index in [1.54, 1.807) is 6.20 Å². The first kappa shape index (κ1) is 18.3. The quantitative estimate of drug-likeness (QED) is 0.634. The van der Waals surface area contributed by atoms with E-state index < -0.39 is 5.91 Å². The number of para-hydroxylation sites is 1. The average Bonchev–Trinajstić information content (AvgIpc) is 2.60. The maximum atomic E-state index is 12.5. The largest absolute Gasteiger partial charge is 0.375 e. The van der Waals surface area contributed by atoms with Crippen LogP contribution in [-0.2, 0) is 11.3 Å². The van der Waals surface area contributed by atoms with Crippen LogP contribution in [0.1, 0.15) is 30.9 Å². The lowest BCUT2D eigenvalue weighted by atomic mass is 10.0. The third kappa shape index (κ3) is 5.22. The lowest BCUT2D eigenvalue weighted by Gasteiger charge is -2.16. The number of amides is 1. The molecule has 0 radical (unpaired) electrons. The first-order valence-corrected chi connectivity index (χ1v) is 8.27. The van der Waals surface area contributed by atoms with Gasteiger partial charge in [-0.1, -0.05) is 62.4 Å². The van der Waals surface area contributed by atoms with E-state index in [1.807, 2.05) is 72.6 Å². The van der Waals surface area contributed by atoms with Crippen molar-refractivity contribution in [3.8, 4) is 6.07 Å². The van der Waals surface area contributed by atoms with Crippen molar-refractivity contribution in [2.45, 2.75) is 26.3 Å². The Kier molecular flexibility index (Phi) is 6.36. The Labute approximate surface area is 149 Å². The summed E-state index contributed by atoms with van der Waals surface area (Å²) in [5.41, 5.74) is 2.99. The molecule has 0 atom stereocenters. The summed E-state index contributed by atoms with van der Waals surface area (Å²) in [5.74, 6) is -0.109. The van der Waals surface area contributed by atoms with Crippen molar-refractivity contribution in [1.29, 1.82) is 5.26 Å². The molecule has 2 aromatic rings. The van der Waals surface area contributed by atoms with E-state index in [4.69, 9.17) is 0 Å². The topological polar surface area (TPSA) is 56.1 Å². The van der Waals surface area contributed by atoms with Crippen LogP contribution in [0.25, 0.3) is 0 Å². The van der Waals surface area contributed by atoms with Crippen molar-refractivity contribution in [1.82, 2.24) is 4.90 Å². The summed E-state index contributed by atoms with van der Waals surface area (Å²) >= 11 is 0. The van der Waals surface area contributed by atoms with Gasteiger partial charge in [-0.05, 0) is 23.1 Å². The number of anilines is 1. The SMILES string of the molecule is CC(C)c1ccccc1NC(=O)/C(C#N)=C\N(C)Cc1ccccc1. The van der Waals surface area contributed by atoms with Gasteiger partial charge in [-0.2, -0.15) is 5.26 Å². The number of nitrogens with one attached hydrogen (secondary N) is 1. The third-order valence-electron chi connectivity index (χ3n) is 3.82. The van der Waals surface area contributed by atoms with E-state index in [0.29, 0.717) is 6.54 Å². The second-order valence-corrected chi connectivity index (χ2v) is 6.25. The Morgan fingerprint density at radius 2 is 1.80 bits per heavy atom. The van der Waals surface area contributed by atoms with E-state index in [-0.39, 0.29) is 11.5 Å². The van der Waals surface area contributed by atoms with Gasteiger partial charge in [0.05, 0.1) is 0 Å². The van der Waals surface area contributed by atoms with Gasteiger partial charge < -0.3 is 10.2 Å². The van der Waals surface area contributed by atoms with Crippen LogP contribution in [0, 0.1) is 11.3 Å². The van der Waals surface area contributed by atoms with Gasteiger partial charge in [0.1, 0.15) is 11.6 Å². The van der Waals surface area contributed by atoms with Crippen molar-refractivity contribution >= 4 is 11.6 Å². The fraction of sp³-hybridized carbons (Fsp3) is 0.238. The molecule has 2 rings (SSSR count). The van der Waals surface area contributed by atoms with Crippen LogP contribution in [0.4, 0.5) is 5.69 Å². The van der Waals surface area contributed by atoms with Crippen molar-refractivity contribution in [3.05, 3.63) is 77.5 Å². The molecule has 0 saturated heterocycles. The molecule has 0 aliphatic heterocycles. The van der Waals surface area contributed by atoms with Crippen molar-refractivity contribution in [3.63, 3.8) is 0 Å². The normalized spacial score (nSPS) is 11.1. The molecular weight excluding hydrogens is 310 g/mol. The van der Waals surface area contributed by atoms with Gasteiger partial charge >= 0.3 is 0 Å². The molecule has 0 spiro atoms. The number of carbonyl (C=O) groups is 1. The minimum absolute atomic E-state index is 0.0805. The van der Waals surface area contributed by atoms with E-state index in [2.05, 4.69) is 19.2 Å². The van der Waals surface area contributed by atoms with Crippen LogP contribution in [-0.4, -0.2) is 17.9 Å². The Morgan fingerprint density at radius 1 is 1.16 bits per heavy atom. The minimum atomic E-state index is -0.393. The summed E-state index contributed by atoms with van der Waals surface area (Å²) in [6.45, 7) is 4.77. The number of benzene rings is 2. The van der Waals surface area contributed by atoms with Crippen LogP contribution in [0.15, 0.2) is 66.4 Å². The van der Waals surface area contributed by atoms with E-state index in [1.165, 1.54) is 0 Å². The first-order chi connectivity index (χ1) is 12.0. The fourth-order valence-corrected chi connectivity index (χ4v) is 2.58. The van der Waals surface area contributed by atoms with E-state index in [0.717, 1.165) is 16.8 Å². The van der Waals surface area contributed by atoms with Crippen molar-refractivity contribution < 1.29 is 4.79 Å². The Morgan fingerprint density at radius 3 is 2.44 bits per heavy atom. The van der Waals surface area contributed by atoms with Gasteiger partial charge in [0, 0.05) is 25.5 Å². The molecule has 0 unspecified atom stereocenters. The molecule has 0 fully saturated rings. The van der Waals surface area contributed by atoms with Gasteiger partial charge in [0.25, 0.3) is 5.91 Å². The first-order valence-electron chi connectivity index (χ1n) is 8.27. The zero-order chi connectivity index (χ0) is 18.2. The highest BCUT2D eigenvalue weighted by atomic mass is 16.1. The van der Waals surface area contributed by atoms with Crippen LogP contribution < -0.4 is 5.32 Å². The second-order valence-electron chi connectivity index (χ2n) is 6.25. The molecule has 25 heavy (non-hydrogen) atoms. The zero-order valence-corrected chi connectivity index (χ0v) is 14.9. The van der Waals surface area contributed by atoms with Gasteiger partial charge in [-0.15, -0.1) is 0 Å². The average molecular weight is 333 g/mol. The highest BCUT2D eigenvalue weighted by molar-refractivity contribution is 6.06. The van der Waals surface area contributed by atoms with Gasteiger partial charge in [-0.25, -0.2) is 0 Å². The van der Waals surface area contributed by atoms with Gasteiger partial charge in [0.2, 0.25) is 0 Å². The summed E-state index contributed by atoms with van der Waals surface area (Å²) in [6.07, 6.45) is 1.58. The Balaban J connectivity index is 2.12. The molecule has 1 amide bonds. The highest BCUT2D eigenvalue weighted by Crippen LogP contribution is 2.24. The number of rotatable bonds is 6. The van der Waals surface area contributed by atoms with Crippen LogP contribution in [0.2, 0.25) is 0 Å². The summed E-state index contributed by atoms with van der Waals surface area (Å²) in [4.78, 5) is 14.3. The second kappa shape index (κ2) is 8.70. The summed E-state index contributed by atoms with van der Waals surface area (Å²) < 4.78 is 0. The molecule has 128 valence electrons. The minimum Gasteiger partial charge on any atom is -0.375 e. The van der Waals surface area contributed by atoms with E-state index >= 15 is 0 Å². The van der Waals surface area contributed by atoms with E-state index in [9.17, 15) is 10.1 Å². The van der Waals surface area contributed by atoms with Gasteiger partial charge in [0.15, 0.2) is 0 Å². The summed E-state index contributed by atoms with van der Waals surface area (Å²) in [6, 6.07) is 19.6. The number of carbonyl (C=O) groups excluding carboxylic acids is 1. The molecular formula is C21H23N3O. The molecule has 0 saturated carbocycles. The molecule has 0 aromatic heterocycles. The molecule has 4 nitrogen and oxygen atoms in total. The lowest BCUT2D eigenvalue weighted by molar-refractivity contribution is -0.112. The van der Waals surface area contributed by atoms with Crippen LogP contribution in [0.5, 0.6) is 0 Å². The molecule has 4 heteroatoms. The standard InChI is InChI=1S/C21H23N3O/c1-16(2)19-11-7-8-12-20(19)23-21(25)18(13-22)15-24(3)14-17-9-5-4-6-10-17/h4-12,15-16H,14H2,1-3H3,(H,23,25)/b18-15-. The zero-order valence-electron chi connectivity index (χ0n) is 14.9. The summed E-state index contributed by atoms with van der Waals surface area (Å²) in [5, 5.41) is 12.2. The Bertz CT molecular complexity index is 788. The molecule has 0 bridgehead atoms. The third-order valence-corrected chi connectivity index (χ3v) is 3.82. The van der Waals surface area contributed by atoms with Crippen molar-refractivity contribution in [2.75, 3.05) is 12.4 Å². The smallest absolute Gasteiger partial charge is 0.267 e. The molecule has 0 aliphatic rings. The molecule has 0 aliphatic carbocycles. The molecule has 2 aromatic carbocycles.